The standard InChI is InChI=1S/C25H32N4O2S/c1-16(2)13-21(26-5)17(3)25(31)29-12-6-7-22(29)24(30)27-14-19-8-10-20(11-9-19)23-18(4)28-15-32-23/h8-11,13,15,17,22H,6-7,12,14H2,1-5H3,(H,27,30). The number of hydrogen-bond acceptors (Lipinski definition) is 5. The summed E-state index contributed by atoms with van der Waals surface area (Å²) in [5.41, 5.74) is 6.87. The van der Waals surface area contributed by atoms with Crippen molar-refractivity contribution in [3.63, 3.8) is 0 Å². The van der Waals surface area contributed by atoms with Crippen LogP contribution in [-0.4, -0.2) is 47.0 Å². The highest BCUT2D eigenvalue weighted by Crippen LogP contribution is 2.27. The van der Waals surface area contributed by atoms with Gasteiger partial charge in [0.05, 0.1) is 22.0 Å². The van der Waals surface area contributed by atoms with Crippen LogP contribution in [0.3, 0.4) is 0 Å². The molecule has 2 atom stereocenters. The molecule has 0 spiro atoms. The molecule has 2 aromatic rings. The number of carbonyl (C=O) groups excluding carboxylic acids is 2. The maximum Gasteiger partial charge on any atom is 0.243 e. The van der Waals surface area contributed by atoms with Crippen LogP contribution in [-0.2, 0) is 16.1 Å². The molecule has 0 radical (unpaired) electrons. The summed E-state index contributed by atoms with van der Waals surface area (Å²) in [5.74, 6) is -0.501. The molecule has 1 aromatic heterocycles. The van der Waals surface area contributed by atoms with Crippen LogP contribution < -0.4 is 5.32 Å². The van der Waals surface area contributed by atoms with Crippen molar-refractivity contribution in [2.75, 3.05) is 13.6 Å². The molecule has 0 saturated carbocycles. The minimum atomic E-state index is -0.422. The Hall–Kier alpha value is -2.80. The predicted octanol–water partition coefficient (Wildman–Crippen LogP) is 4.40. The third kappa shape index (κ3) is 5.51. The van der Waals surface area contributed by atoms with Gasteiger partial charge in [-0.2, -0.15) is 0 Å². The van der Waals surface area contributed by atoms with Crippen LogP contribution in [0, 0.1) is 12.8 Å². The van der Waals surface area contributed by atoms with Crippen molar-refractivity contribution in [1.82, 2.24) is 15.2 Å². The second kappa shape index (κ2) is 10.7. The van der Waals surface area contributed by atoms with E-state index in [9.17, 15) is 9.59 Å². The van der Waals surface area contributed by atoms with E-state index in [-0.39, 0.29) is 17.7 Å². The van der Waals surface area contributed by atoms with Crippen LogP contribution in [0.5, 0.6) is 0 Å². The fourth-order valence-electron chi connectivity index (χ4n) is 4.02. The highest BCUT2D eigenvalue weighted by atomic mass is 32.1. The van der Waals surface area contributed by atoms with E-state index < -0.39 is 6.04 Å². The molecule has 0 aliphatic carbocycles. The molecule has 2 amide bonds. The van der Waals surface area contributed by atoms with E-state index in [4.69, 9.17) is 0 Å². The highest BCUT2D eigenvalue weighted by molar-refractivity contribution is 7.13. The molecule has 0 bridgehead atoms. The average Bonchev–Trinajstić information content (AvgIpc) is 3.44. The third-order valence-electron chi connectivity index (χ3n) is 5.78. The number of allylic oxidation sites excluding steroid dienone is 2. The van der Waals surface area contributed by atoms with Crippen molar-refractivity contribution in [2.45, 2.75) is 53.1 Å². The van der Waals surface area contributed by atoms with Crippen LogP contribution >= 0.6 is 11.3 Å². The van der Waals surface area contributed by atoms with E-state index in [1.165, 1.54) is 0 Å². The van der Waals surface area contributed by atoms with Gasteiger partial charge < -0.3 is 10.2 Å². The van der Waals surface area contributed by atoms with Crippen LogP contribution in [0.25, 0.3) is 10.4 Å². The van der Waals surface area contributed by atoms with Gasteiger partial charge >= 0.3 is 0 Å². The van der Waals surface area contributed by atoms with Gasteiger partial charge in [-0.05, 0) is 57.7 Å². The van der Waals surface area contributed by atoms with Gasteiger partial charge in [-0.1, -0.05) is 29.8 Å². The normalized spacial score (nSPS) is 17.2. The fourth-order valence-corrected chi connectivity index (χ4v) is 4.83. The fraction of sp³-hybridized carbons (Fsp3) is 0.440. The van der Waals surface area contributed by atoms with Crippen molar-refractivity contribution in [3.8, 4) is 10.4 Å². The minimum Gasteiger partial charge on any atom is -0.350 e. The number of amides is 2. The summed E-state index contributed by atoms with van der Waals surface area (Å²) in [6, 6.07) is 7.75. The second-order valence-corrected chi connectivity index (χ2v) is 9.32. The lowest BCUT2D eigenvalue weighted by molar-refractivity contribution is -0.139. The summed E-state index contributed by atoms with van der Waals surface area (Å²) >= 11 is 1.63. The Morgan fingerprint density at radius 2 is 2.03 bits per heavy atom. The molecule has 2 heterocycles. The second-order valence-electron chi connectivity index (χ2n) is 8.46. The number of thiazole rings is 1. The maximum atomic E-state index is 13.1. The van der Waals surface area contributed by atoms with Crippen molar-refractivity contribution < 1.29 is 9.59 Å². The maximum absolute atomic E-state index is 13.1. The van der Waals surface area contributed by atoms with Gasteiger partial charge in [0, 0.05) is 25.8 Å². The smallest absolute Gasteiger partial charge is 0.243 e. The molecule has 7 heteroatoms. The number of hydrogen-bond donors (Lipinski definition) is 1. The van der Waals surface area contributed by atoms with Gasteiger partial charge in [0.25, 0.3) is 0 Å². The topological polar surface area (TPSA) is 74.7 Å². The number of likely N-dealkylation sites (tertiary alicyclic amines) is 1. The van der Waals surface area contributed by atoms with Gasteiger partial charge in [0.1, 0.15) is 6.04 Å². The summed E-state index contributed by atoms with van der Waals surface area (Å²) < 4.78 is 0. The molecule has 2 unspecified atom stereocenters. The third-order valence-corrected chi connectivity index (χ3v) is 6.75. The predicted molar refractivity (Wildman–Crippen MR) is 131 cm³/mol. The monoisotopic (exact) mass is 452 g/mol. The first-order valence-corrected chi connectivity index (χ1v) is 11.9. The SMILES string of the molecule is CN=C(C=C(C)C)C(C)C(=O)N1CCCC1C(=O)NCc1ccc(-c2scnc2C)cc1. The van der Waals surface area contributed by atoms with E-state index in [0.29, 0.717) is 19.5 Å². The molecule has 1 aliphatic heterocycles. The lowest BCUT2D eigenvalue weighted by Crippen LogP contribution is -2.48. The van der Waals surface area contributed by atoms with Crippen molar-refractivity contribution in [3.05, 3.63) is 52.7 Å². The molecule has 3 rings (SSSR count). The Morgan fingerprint density at radius 3 is 2.62 bits per heavy atom. The van der Waals surface area contributed by atoms with Gasteiger partial charge in [-0.25, -0.2) is 4.98 Å². The molecule has 6 nitrogen and oxygen atoms in total. The Kier molecular flexibility index (Phi) is 7.96. The summed E-state index contributed by atoms with van der Waals surface area (Å²) in [7, 11) is 1.70. The highest BCUT2D eigenvalue weighted by Gasteiger charge is 2.36. The van der Waals surface area contributed by atoms with Crippen molar-refractivity contribution >= 4 is 28.9 Å². The van der Waals surface area contributed by atoms with Gasteiger partial charge in [-0.3, -0.25) is 14.6 Å². The van der Waals surface area contributed by atoms with Crippen LogP contribution in [0.15, 0.2) is 46.4 Å². The summed E-state index contributed by atoms with van der Waals surface area (Å²) in [4.78, 5) is 37.5. The zero-order chi connectivity index (χ0) is 23.3. The number of benzene rings is 1. The van der Waals surface area contributed by atoms with Crippen LogP contribution in [0.4, 0.5) is 0 Å². The molecule has 1 N–H and O–H groups in total. The lowest BCUT2D eigenvalue weighted by Gasteiger charge is -2.27. The molecule has 1 aromatic carbocycles. The number of aromatic nitrogens is 1. The zero-order valence-electron chi connectivity index (χ0n) is 19.5. The molecule has 32 heavy (non-hydrogen) atoms. The number of aliphatic imine (C=N–C) groups is 1. The Morgan fingerprint density at radius 1 is 1.31 bits per heavy atom. The van der Waals surface area contributed by atoms with E-state index in [0.717, 1.165) is 39.4 Å². The summed E-state index contributed by atoms with van der Waals surface area (Å²) in [6.45, 7) is 8.89. The number of aryl methyl sites for hydroxylation is 1. The average molecular weight is 453 g/mol. The van der Waals surface area contributed by atoms with Crippen molar-refractivity contribution in [1.29, 1.82) is 0 Å². The molecule has 1 fully saturated rings. The lowest BCUT2D eigenvalue weighted by atomic mass is 10.0. The van der Waals surface area contributed by atoms with Crippen LogP contribution in [0.2, 0.25) is 0 Å². The summed E-state index contributed by atoms with van der Waals surface area (Å²) in [6.07, 6.45) is 3.46. The largest absolute Gasteiger partial charge is 0.350 e. The van der Waals surface area contributed by atoms with Crippen LogP contribution in [0.1, 0.15) is 44.9 Å². The van der Waals surface area contributed by atoms with Gasteiger partial charge in [0.2, 0.25) is 11.8 Å². The first-order chi connectivity index (χ1) is 15.3. The van der Waals surface area contributed by atoms with Crippen molar-refractivity contribution in [2.24, 2.45) is 10.9 Å². The Bertz CT molecular complexity index is 1020. The van der Waals surface area contributed by atoms with E-state index in [1.54, 1.807) is 23.3 Å². The first kappa shape index (κ1) is 23.9. The minimum absolute atomic E-state index is 0.0370. The number of nitrogens with zero attached hydrogens (tertiary/aromatic N) is 3. The number of carbonyl (C=O) groups is 2. The van der Waals surface area contributed by atoms with E-state index in [1.807, 2.05) is 51.4 Å². The van der Waals surface area contributed by atoms with Gasteiger partial charge in [-0.15, -0.1) is 11.3 Å². The number of nitrogens with one attached hydrogen (secondary N) is 1. The Balaban J connectivity index is 1.61. The molecule has 170 valence electrons. The van der Waals surface area contributed by atoms with E-state index >= 15 is 0 Å². The van der Waals surface area contributed by atoms with Gasteiger partial charge in [0.15, 0.2) is 0 Å². The molecule has 1 saturated heterocycles. The molecular weight excluding hydrogens is 420 g/mol. The van der Waals surface area contributed by atoms with E-state index in [2.05, 4.69) is 27.4 Å². The zero-order valence-corrected chi connectivity index (χ0v) is 20.3. The molecule has 1 aliphatic rings. The molecular formula is C25H32N4O2S. The Labute approximate surface area is 194 Å². The first-order valence-electron chi connectivity index (χ1n) is 11.0. The summed E-state index contributed by atoms with van der Waals surface area (Å²) in [5, 5.41) is 3.02. The number of rotatable bonds is 7. The quantitative estimate of drug-likeness (QED) is 0.633.